The smallest absolute Gasteiger partial charge is 0.346 e. The standard InChI is InChI=1S/C22H10Cl2N2O7/c23-19-13-7-3-1-5-11(13)15(9-17(19)25(29)30)21(27)33-22(28)16-10-18(26(31)32)20(24)14-8-4-2-6-12(14)16/h1-10H. The number of hydrogen-bond acceptors (Lipinski definition) is 7. The predicted octanol–water partition coefficient (Wildman–Crippen LogP) is 6.11. The molecule has 9 nitrogen and oxygen atoms in total. The summed E-state index contributed by atoms with van der Waals surface area (Å²) in [5, 5.41) is 23.4. The highest BCUT2D eigenvalue weighted by atomic mass is 35.5. The minimum atomic E-state index is -1.18. The van der Waals surface area contributed by atoms with Crippen LogP contribution in [-0.2, 0) is 4.74 Å². The number of nitrogens with zero attached hydrogens (tertiary/aromatic N) is 2. The normalized spacial score (nSPS) is 10.8. The lowest BCUT2D eigenvalue weighted by Gasteiger charge is -2.10. The Labute approximate surface area is 194 Å². The third kappa shape index (κ3) is 3.84. The largest absolute Gasteiger partial charge is 0.386 e. The molecule has 0 fully saturated rings. The third-order valence-corrected chi connectivity index (χ3v) is 5.73. The molecule has 0 saturated heterocycles. The monoisotopic (exact) mass is 484 g/mol. The summed E-state index contributed by atoms with van der Waals surface area (Å²) in [4.78, 5) is 47.0. The van der Waals surface area contributed by atoms with Gasteiger partial charge in [-0.05, 0) is 10.8 Å². The third-order valence-electron chi connectivity index (χ3n) is 4.94. The van der Waals surface area contributed by atoms with Gasteiger partial charge in [-0.15, -0.1) is 0 Å². The van der Waals surface area contributed by atoms with E-state index in [1.165, 1.54) is 24.3 Å². The summed E-state index contributed by atoms with van der Waals surface area (Å²) in [5.74, 6) is -2.37. The van der Waals surface area contributed by atoms with Gasteiger partial charge in [0.2, 0.25) is 0 Å². The molecule has 4 aromatic carbocycles. The molecular weight excluding hydrogens is 475 g/mol. The Morgan fingerprint density at radius 2 is 1.00 bits per heavy atom. The molecule has 0 amide bonds. The van der Waals surface area contributed by atoms with Gasteiger partial charge in [-0.3, -0.25) is 20.2 Å². The number of nitro groups is 2. The van der Waals surface area contributed by atoms with E-state index in [2.05, 4.69) is 0 Å². The Balaban J connectivity index is 1.82. The lowest BCUT2D eigenvalue weighted by atomic mass is 10.0. The summed E-state index contributed by atoms with van der Waals surface area (Å²) in [6.45, 7) is 0. The molecule has 164 valence electrons. The molecule has 0 N–H and O–H groups in total. The maximum Gasteiger partial charge on any atom is 0.346 e. The second-order valence-electron chi connectivity index (χ2n) is 6.80. The van der Waals surface area contributed by atoms with Crippen LogP contribution in [0.4, 0.5) is 11.4 Å². The van der Waals surface area contributed by atoms with Gasteiger partial charge in [0.15, 0.2) is 0 Å². The van der Waals surface area contributed by atoms with Gasteiger partial charge in [0.25, 0.3) is 11.4 Å². The summed E-state index contributed by atoms with van der Waals surface area (Å²) in [6.07, 6.45) is 0. The maximum atomic E-state index is 12.9. The van der Waals surface area contributed by atoms with Crippen molar-refractivity contribution in [3.05, 3.63) is 102 Å². The molecule has 4 aromatic rings. The topological polar surface area (TPSA) is 130 Å². The van der Waals surface area contributed by atoms with Crippen LogP contribution in [0, 0.1) is 20.2 Å². The van der Waals surface area contributed by atoms with Gasteiger partial charge in [0.1, 0.15) is 10.0 Å². The van der Waals surface area contributed by atoms with Gasteiger partial charge in [-0.25, -0.2) is 9.59 Å². The first-order valence-electron chi connectivity index (χ1n) is 9.18. The maximum absolute atomic E-state index is 12.9. The highest BCUT2D eigenvalue weighted by Gasteiger charge is 2.27. The van der Waals surface area contributed by atoms with Crippen molar-refractivity contribution in [2.24, 2.45) is 0 Å². The zero-order chi connectivity index (χ0) is 23.9. The van der Waals surface area contributed by atoms with Crippen molar-refractivity contribution in [1.82, 2.24) is 0 Å². The Morgan fingerprint density at radius 1 is 0.667 bits per heavy atom. The number of fused-ring (bicyclic) bond motifs is 2. The fourth-order valence-electron chi connectivity index (χ4n) is 3.45. The molecule has 33 heavy (non-hydrogen) atoms. The van der Waals surface area contributed by atoms with E-state index in [1.807, 2.05) is 0 Å². The molecule has 0 unspecified atom stereocenters. The minimum Gasteiger partial charge on any atom is -0.386 e. The molecular formula is C22H10Cl2N2O7. The average Bonchev–Trinajstić information content (AvgIpc) is 2.79. The number of nitro benzene ring substituents is 2. The number of ether oxygens (including phenoxy) is 1. The van der Waals surface area contributed by atoms with Gasteiger partial charge in [-0.2, -0.15) is 0 Å². The van der Waals surface area contributed by atoms with Crippen molar-refractivity contribution in [3.8, 4) is 0 Å². The Morgan fingerprint density at radius 3 is 1.33 bits per heavy atom. The molecule has 0 aliphatic rings. The van der Waals surface area contributed by atoms with Crippen LogP contribution >= 0.6 is 23.2 Å². The first-order chi connectivity index (χ1) is 15.7. The van der Waals surface area contributed by atoms with Gasteiger partial charge < -0.3 is 4.74 Å². The number of halogens is 2. The number of carbonyl (C=O) groups is 2. The van der Waals surface area contributed by atoms with Crippen molar-refractivity contribution >= 4 is 68.1 Å². The van der Waals surface area contributed by atoms with Gasteiger partial charge in [0.05, 0.1) is 21.0 Å². The van der Waals surface area contributed by atoms with Gasteiger partial charge >= 0.3 is 11.9 Å². The quantitative estimate of drug-likeness (QED) is 0.147. The van der Waals surface area contributed by atoms with Crippen molar-refractivity contribution in [1.29, 1.82) is 0 Å². The van der Waals surface area contributed by atoms with Crippen molar-refractivity contribution in [3.63, 3.8) is 0 Å². The summed E-state index contributed by atoms with van der Waals surface area (Å²) in [7, 11) is 0. The molecule has 0 bridgehead atoms. The van der Waals surface area contributed by atoms with Crippen molar-refractivity contribution < 1.29 is 24.2 Å². The Bertz CT molecular complexity index is 1400. The molecule has 11 heteroatoms. The minimum absolute atomic E-state index is 0.169. The number of esters is 2. The summed E-state index contributed by atoms with van der Waals surface area (Å²) >= 11 is 12.2. The molecule has 0 spiro atoms. The number of hydrogen-bond donors (Lipinski definition) is 0. The summed E-state index contributed by atoms with van der Waals surface area (Å²) in [6, 6.07) is 14.1. The number of benzene rings is 4. The van der Waals surface area contributed by atoms with Crippen LogP contribution in [0.3, 0.4) is 0 Å². The molecule has 0 aromatic heterocycles. The summed E-state index contributed by atoms with van der Waals surface area (Å²) < 4.78 is 4.98. The first-order valence-corrected chi connectivity index (χ1v) is 9.94. The molecule has 0 aliphatic carbocycles. The van der Waals surface area contributed by atoms with Crippen LogP contribution < -0.4 is 0 Å². The Kier molecular flexibility index (Phi) is 5.67. The van der Waals surface area contributed by atoms with E-state index in [-0.39, 0.29) is 42.7 Å². The lowest BCUT2D eigenvalue weighted by molar-refractivity contribution is -0.384. The first kappa shape index (κ1) is 22.1. The number of rotatable bonds is 4. The second kappa shape index (κ2) is 8.45. The Hall–Kier alpha value is -4.08. The van der Waals surface area contributed by atoms with Crippen LogP contribution in [0.15, 0.2) is 60.7 Å². The SMILES string of the molecule is O=C(OC(=O)c1cc([N+](=O)[O-])c(Cl)c2ccccc12)c1cc([N+](=O)[O-])c(Cl)c2ccccc12. The molecule has 0 heterocycles. The van der Waals surface area contributed by atoms with Crippen molar-refractivity contribution in [2.45, 2.75) is 0 Å². The van der Waals surface area contributed by atoms with Crippen LogP contribution in [-0.4, -0.2) is 21.8 Å². The fraction of sp³-hybridized carbons (Fsp3) is 0. The van der Waals surface area contributed by atoms with E-state index >= 15 is 0 Å². The van der Waals surface area contributed by atoms with E-state index in [4.69, 9.17) is 27.9 Å². The highest BCUT2D eigenvalue weighted by molar-refractivity contribution is 6.39. The fourth-order valence-corrected chi connectivity index (χ4v) is 4.02. The van der Waals surface area contributed by atoms with E-state index in [1.54, 1.807) is 24.3 Å². The molecule has 0 radical (unpaired) electrons. The second-order valence-corrected chi connectivity index (χ2v) is 7.55. The molecule has 0 aliphatic heterocycles. The van der Waals surface area contributed by atoms with Gasteiger partial charge in [-0.1, -0.05) is 71.7 Å². The van der Waals surface area contributed by atoms with E-state index in [9.17, 15) is 29.8 Å². The average molecular weight is 485 g/mol. The van der Waals surface area contributed by atoms with Crippen molar-refractivity contribution in [2.75, 3.05) is 0 Å². The zero-order valence-electron chi connectivity index (χ0n) is 16.3. The molecule has 0 saturated carbocycles. The summed E-state index contributed by atoms with van der Waals surface area (Å²) in [5.41, 5.74) is -1.60. The predicted molar refractivity (Wildman–Crippen MR) is 121 cm³/mol. The van der Waals surface area contributed by atoms with Crippen LogP contribution in [0.1, 0.15) is 20.7 Å². The lowest BCUT2D eigenvalue weighted by Crippen LogP contribution is -2.14. The van der Waals surface area contributed by atoms with E-state index in [0.717, 1.165) is 12.1 Å². The van der Waals surface area contributed by atoms with Crippen LogP contribution in [0.5, 0.6) is 0 Å². The number of carbonyl (C=O) groups excluding carboxylic acids is 2. The van der Waals surface area contributed by atoms with Gasteiger partial charge in [0, 0.05) is 22.9 Å². The van der Waals surface area contributed by atoms with Crippen LogP contribution in [0.2, 0.25) is 10.0 Å². The van der Waals surface area contributed by atoms with Crippen LogP contribution in [0.25, 0.3) is 21.5 Å². The van der Waals surface area contributed by atoms with E-state index < -0.39 is 33.2 Å². The highest BCUT2D eigenvalue weighted by Crippen LogP contribution is 2.37. The van der Waals surface area contributed by atoms with E-state index in [0.29, 0.717) is 0 Å². The zero-order valence-corrected chi connectivity index (χ0v) is 17.8. The molecule has 4 rings (SSSR count). The molecule has 0 atom stereocenters.